The molecule has 1 aromatic heterocycles. The summed E-state index contributed by atoms with van der Waals surface area (Å²) >= 11 is 5.76. The van der Waals surface area contributed by atoms with E-state index in [1.54, 1.807) is 18.2 Å². The summed E-state index contributed by atoms with van der Waals surface area (Å²) in [5, 5.41) is 13.5. The fourth-order valence-corrected chi connectivity index (χ4v) is 2.83. The third kappa shape index (κ3) is 3.93. The third-order valence-electron chi connectivity index (χ3n) is 4.14. The summed E-state index contributed by atoms with van der Waals surface area (Å²) in [6, 6.07) is 4.92. The van der Waals surface area contributed by atoms with Crippen LogP contribution < -0.4 is 5.32 Å². The van der Waals surface area contributed by atoms with Gasteiger partial charge in [0.2, 0.25) is 0 Å². The number of carbonyl (C=O) groups is 1. The maximum absolute atomic E-state index is 12.0. The number of rotatable bonds is 4. The van der Waals surface area contributed by atoms with Crippen LogP contribution in [-0.4, -0.2) is 28.1 Å². The van der Waals surface area contributed by atoms with Gasteiger partial charge in [0.1, 0.15) is 10.8 Å². The van der Waals surface area contributed by atoms with Gasteiger partial charge in [-0.25, -0.2) is 4.98 Å². The fraction of sp³-hybridized carbons (Fsp3) is 0.600. The lowest BCUT2D eigenvalue weighted by Gasteiger charge is -2.35. The molecule has 110 valence electrons. The Kier molecular flexibility index (Phi) is 5.00. The predicted octanol–water partition coefficient (Wildman–Crippen LogP) is 2.80. The molecule has 1 aliphatic carbocycles. The Morgan fingerprint density at radius 3 is 2.80 bits per heavy atom. The second kappa shape index (κ2) is 6.55. The lowest BCUT2D eigenvalue weighted by molar-refractivity contribution is -0.00790. The molecule has 2 N–H and O–H groups in total. The van der Waals surface area contributed by atoms with Gasteiger partial charge in [0.15, 0.2) is 0 Å². The van der Waals surface area contributed by atoms with Crippen molar-refractivity contribution in [1.29, 1.82) is 0 Å². The Balaban J connectivity index is 1.87. The normalized spacial score (nSPS) is 26.2. The van der Waals surface area contributed by atoms with Crippen molar-refractivity contribution < 1.29 is 9.90 Å². The Morgan fingerprint density at radius 1 is 1.50 bits per heavy atom. The average molecular weight is 297 g/mol. The molecule has 0 aliphatic heterocycles. The summed E-state index contributed by atoms with van der Waals surface area (Å²) in [7, 11) is 0. The zero-order valence-electron chi connectivity index (χ0n) is 11.7. The molecule has 1 aliphatic rings. The summed E-state index contributed by atoms with van der Waals surface area (Å²) < 4.78 is 0. The van der Waals surface area contributed by atoms with Gasteiger partial charge in [-0.2, -0.15) is 0 Å². The lowest BCUT2D eigenvalue weighted by atomic mass is 9.78. The highest BCUT2D eigenvalue weighted by Gasteiger charge is 2.32. The number of aromatic nitrogens is 1. The fourth-order valence-electron chi connectivity index (χ4n) is 2.67. The van der Waals surface area contributed by atoms with Crippen molar-refractivity contribution in [2.45, 2.75) is 44.6 Å². The minimum absolute atomic E-state index is 0.274. The molecule has 1 fully saturated rings. The molecular weight excluding hydrogens is 276 g/mol. The monoisotopic (exact) mass is 296 g/mol. The molecular formula is C15H21ClN2O2. The predicted molar refractivity (Wildman–Crippen MR) is 78.8 cm³/mol. The van der Waals surface area contributed by atoms with Crippen LogP contribution >= 0.6 is 11.6 Å². The number of hydrogen-bond acceptors (Lipinski definition) is 3. The van der Waals surface area contributed by atoms with Gasteiger partial charge in [-0.1, -0.05) is 31.0 Å². The van der Waals surface area contributed by atoms with E-state index in [9.17, 15) is 9.90 Å². The molecule has 0 unspecified atom stereocenters. The maximum Gasteiger partial charge on any atom is 0.270 e. The van der Waals surface area contributed by atoms with Gasteiger partial charge in [0.25, 0.3) is 5.91 Å². The Labute approximate surface area is 124 Å². The molecule has 1 saturated carbocycles. The van der Waals surface area contributed by atoms with Crippen LogP contribution in [0.15, 0.2) is 18.2 Å². The van der Waals surface area contributed by atoms with Crippen molar-refractivity contribution in [3.63, 3.8) is 0 Å². The molecule has 0 spiro atoms. The van der Waals surface area contributed by atoms with Gasteiger partial charge in [-0.05, 0) is 43.7 Å². The van der Waals surface area contributed by atoms with Crippen molar-refractivity contribution in [3.8, 4) is 0 Å². The van der Waals surface area contributed by atoms with Crippen LogP contribution in [-0.2, 0) is 0 Å². The summed E-state index contributed by atoms with van der Waals surface area (Å²) in [6.07, 6.45) is 4.70. The minimum Gasteiger partial charge on any atom is -0.388 e. The van der Waals surface area contributed by atoms with Crippen molar-refractivity contribution in [1.82, 2.24) is 10.3 Å². The van der Waals surface area contributed by atoms with Gasteiger partial charge in [-0.15, -0.1) is 0 Å². The van der Waals surface area contributed by atoms with Crippen LogP contribution in [0.5, 0.6) is 0 Å². The molecule has 20 heavy (non-hydrogen) atoms. The van der Waals surface area contributed by atoms with E-state index in [2.05, 4.69) is 17.2 Å². The summed E-state index contributed by atoms with van der Waals surface area (Å²) in [5.74, 6) is 0.416. The molecule has 1 heterocycles. The second-order valence-electron chi connectivity index (χ2n) is 5.60. The van der Waals surface area contributed by atoms with Gasteiger partial charge < -0.3 is 10.4 Å². The van der Waals surface area contributed by atoms with Gasteiger partial charge >= 0.3 is 0 Å². The molecule has 0 atom stereocenters. The topological polar surface area (TPSA) is 62.2 Å². The van der Waals surface area contributed by atoms with Crippen molar-refractivity contribution in [2.75, 3.05) is 6.54 Å². The number of hydrogen-bond donors (Lipinski definition) is 2. The highest BCUT2D eigenvalue weighted by atomic mass is 35.5. The summed E-state index contributed by atoms with van der Waals surface area (Å²) in [6.45, 7) is 2.46. The number of aliphatic hydroxyl groups is 1. The first-order chi connectivity index (χ1) is 9.52. The van der Waals surface area contributed by atoms with Crippen molar-refractivity contribution in [2.24, 2.45) is 5.92 Å². The number of halogens is 1. The van der Waals surface area contributed by atoms with E-state index in [0.717, 1.165) is 32.1 Å². The molecule has 0 aromatic carbocycles. The summed E-state index contributed by atoms with van der Waals surface area (Å²) in [5.41, 5.74) is -0.497. The number of nitrogens with one attached hydrogen (secondary N) is 1. The Bertz CT molecular complexity index is 471. The number of amides is 1. The Hall–Kier alpha value is -1.13. The average Bonchev–Trinajstić information content (AvgIpc) is 2.46. The van der Waals surface area contributed by atoms with E-state index < -0.39 is 5.60 Å². The smallest absolute Gasteiger partial charge is 0.270 e. The standard InChI is InChI=1S/C15H21ClN2O2/c1-2-11-6-8-15(20,9-7-11)10-17-14(19)12-4-3-5-13(16)18-12/h3-5,11,20H,2,6-10H2,1H3,(H,17,19). The molecule has 1 aromatic rings. The van der Waals surface area contributed by atoms with Gasteiger partial charge in [-0.3, -0.25) is 4.79 Å². The first-order valence-electron chi connectivity index (χ1n) is 7.15. The first kappa shape index (κ1) is 15.3. The van der Waals surface area contributed by atoms with Crippen LogP contribution in [0.4, 0.5) is 0 Å². The highest BCUT2D eigenvalue weighted by molar-refractivity contribution is 6.29. The van der Waals surface area contributed by atoms with Crippen LogP contribution in [0, 0.1) is 5.92 Å². The van der Waals surface area contributed by atoms with E-state index in [-0.39, 0.29) is 18.1 Å². The van der Waals surface area contributed by atoms with E-state index in [0.29, 0.717) is 11.1 Å². The van der Waals surface area contributed by atoms with Crippen molar-refractivity contribution in [3.05, 3.63) is 29.0 Å². The van der Waals surface area contributed by atoms with Crippen LogP contribution in [0.3, 0.4) is 0 Å². The van der Waals surface area contributed by atoms with Crippen LogP contribution in [0.25, 0.3) is 0 Å². The van der Waals surface area contributed by atoms with E-state index >= 15 is 0 Å². The third-order valence-corrected chi connectivity index (χ3v) is 4.35. The molecule has 0 saturated heterocycles. The first-order valence-corrected chi connectivity index (χ1v) is 7.53. The molecule has 0 bridgehead atoms. The van der Waals surface area contributed by atoms with Crippen LogP contribution in [0.1, 0.15) is 49.5 Å². The maximum atomic E-state index is 12.0. The lowest BCUT2D eigenvalue weighted by Crippen LogP contribution is -2.45. The van der Waals surface area contributed by atoms with Gasteiger partial charge in [0.05, 0.1) is 5.60 Å². The highest BCUT2D eigenvalue weighted by Crippen LogP contribution is 2.33. The largest absolute Gasteiger partial charge is 0.388 e. The number of carbonyl (C=O) groups excluding carboxylic acids is 1. The molecule has 4 nitrogen and oxygen atoms in total. The SMILES string of the molecule is CCC1CCC(O)(CNC(=O)c2cccc(Cl)n2)CC1. The second-order valence-corrected chi connectivity index (χ2v) is 5.99. The quantitative estimate of drug-likeness (QED) is 0.840. The molecule has 5 heteroatoms. The van der Waals surface area contributed by atoms with E-state index in [1.165, 1.54) is 0 Å². The Morgan fingerprint density at radius 2 is 2.20 bits per heavy atom. The van der Waals surface area contributed by atoms with E-state index in [4.69, 9.17) is 11.6 Å². The van der Waals surface area contributed by atoms with E-state index in [1.807, 2.05) is 0 Å². The molecule has 2 rings (SSSR count). The van der Waals surface area contributed by atoms with Crippen molar-refractivity contribution >= 4 is 17.5 Å². The zero-order chi connectivity index (χ0) is 14.6. The number of nitrogens with zero attached hydrogens (tertiary/aromatic N) is 1. The summed E-state index contributed by atoms with van der Waals surface area (Å²) in [4.78, 5) is 15.9. The minimum atomic E-state index is -0.778. The molecule has 0 radical (unpaired) electrons. The number of pyridine rings is 1. The van der Waals surface area contributed by atoms with Crippen LogP contribution in [0.2, 0.25) is 5.15 Å². The molecule has 1 amide bonds. The van der Waals surface area contributed by atoms with Gasteiger partial charge in [0, 0.05) is 6.54 Å². The zero-order valence-corrected chi connectivity index (χ0v) is 12.5.